The van der Waals surface area contributed by atoms with Crippen LogP contribution in [0.1, 0.15) is 44.0 Å². The average molecular weight is 334 g/mol. The minimum Gasteiger partial charge on any atom is -0.465 e. The molecule has 0 radical (unpaired) electrons. The Balaban J connectivity index is 1.91. The molecule has 0 saturated carbocycles. The molecule has 1 heterocycles. The number of anilines is 1. The standard InChI is InChI=1S/C18H26N2O4/c1-18(2,3)24-17(22)20-11-5-6-15(20)12-19-14-9-7-13(8-10-14)16(21)23-4/h7-10,15,19H,5-6,11-12H2,1-4H3/t15-/m0/s1. The Morgan fingerprint density at radius 1 is 1.25 bits per heavy atom. The van der Waals surface area contributed by atoms with Crippen molar-refractivity contribution in [3.05, 3.63) is 29.8 Å². The van der Waals surface area contributed by atoms with Crippen molar-refractivity contribution in [2.24, 2.45) is 0 Å². The smallest absolute Gasteiger partial charge is 0.410 e. The number of carbonyl (C=O) groups excluding carboxylic acids is 2. The molecule has 1 aliphatic rings. The number of rotatable bonds is 4. The van der Waals surface area contributed by atoms with E-state index >= 15 is 0 Å². The first-order valence-electron chi connectivity index (χ1n) is 8.22. The maximum absolute atomic E-state index is 12.3. The number of hydrogen-bond donors (Lipinski definition) is 1. The summed E-state index contributed by atoms with van der Waals surface area (Å²) in [4.78, 5) is 25.5. The molecule has 6 nitrogen and oxygen atoms in total. The summed E-state index contributed by atoms with van der Waals surface area (Å²) in [6.45, 7) is 6.99. The van der Waals surface area contributed by atoms with Crippen LogP contribution < -0.4 is 5.32 Å². The lowest BCUT2D eigenvalue weighted by molar-refractivity contribution is 0.0235. The summed E-state index contributed by atoms with van der Waals surface area (Å²) in [5.41, 5.74) is 0.930. The first-order valence-corrected chi connectivity index (χ1v) is 8.22. The molecule has 1 aromatic rings. The molecular weight excluding hydrogens is 308 g/mol. The number of nitrogens with zero attached hydrogens (tertiary/aromatic N) is 1. The average Bonchev–Trinajstić information content (AvgIpc) is 2.99. The third kappa shape index (κ3) is 4.88. The van der Waals surface area contributed by atoms with Gasteiger partial charge in [-0.3, -0.25) is 0 Å². The van der Waals surface area contributed by atoms with Gasteiger partial charge in [0.2, 0.25) is 0 Å². The topological polar surface area (TPSA) is 67.9 Å². The third-order valence-corrected chi connectivity index (χ3v) is 3.85. The molecule has 2 rings (SSSR count). The second kappa shape index (κ2) is 7.55. The van der Waals surface area contributed by atoms with E-state index in [1.165, 1.54) is 7.11 Å². The zero-order valence-electron chi connectivity index (χ0n) is 14.8. The number of benzene rings is 1. The van der Waals surface area contributed by atoms with Gasteiger partial charge in [-0.05, 0) is 57.9 Å². The Labute approximate surface area is 143 Å². The van der Waals surface area contributed by atoms with Gasteiger partial charge in [-0.25, -0.2) is 9.59 Å². The van der Waals surface area contributed by atoms with Gasteiger partial charge in [0, 0.05) is 18.8 Å². The first-order chi connectivity index (χ1) is 11.3. The Morgan fingerprint density at radius 2 is 1.92 bits per heavy atom. The molecule has 0 spiro atoms. The number of likely N-dealkylation sites (tertiary alicyclic amines) is 1. The summed E-state index contributed by atoms with van der Waals surface area (Å²) in [6.07, 6.45) is 1.67. The maximum atomic E-state index is 12.3. The zero-order chi connectivity index (χ0) is 17.7. The van der Waals surface area contributed by atoms with Crippen LogP contribution in [0, 0.1) is 0 Å². The minimum atomic E-state index is -0.485. The highest BCUT2D eigenvalue weighted by molar-refractivity contribution is 5.89. The van der Waals surface area contributed by atoms with Gasteiger partial charge < -0.3 is 19.7 Å². The summed E-state index contributed by atoms with van der Waals surface area (Å²) < 4.78 is 10.1. The zero-order valence-corrected chi connectivity index (χ0v) is 14.8. The van der Waals surface area contributed by atoms with E-state index < -0.39 is 5.60 Å². The Kier molecular flexibility index (Phi) is 5.70. The minimum absolute atomic E-state index is 0.111. The SMILES string of the molecule is COC(=O)c1ccc(NC[C@@H]2CCCN2C(=O)OC(C)(C)C)cc1. The van der Waals surface area contributed by atoms with E-state index in [-0.39, 0.29) is 18.1 Å². The molecule has 1 aliphatic heterocycles. The lowest BCUT2D eigenvalue weighted by Crippen LogP contribution is -2.42. The molecule has 1 fully saturated rings. The molecule has 1 N–H and O–H groups in total. The highest BCUT2D eigenvalue weighted by Gasteiger charge is 2.31. The van der Waals surface area contributed by atoms with Crippen molar-refractivity contribution in [3.63, 3.8) is 0 Å². The number of esters is 1. The van der Waals surface area contributed by atoms with Crippen LogP contribution in [0.15, 0.2) is 24.3 Å². The van der Waals surface area contributed by atoms with Crippen LogP contribution in [0.4, 0.5) is 10.5 Å². The molecule has 6 heteroatoms. The Bertz CT molecular complexity index is 578. The van der Waals surface area contributed by atoms with E-state index in [0.717, 1.165) is 25.1 Å². The van der Waals surface area contributed by atoms with Crippen LogP contribution in [0.3, 0.4) is 0 Å². The molecular formula is C18H26N2O4. The van der Waals surface area contributed by atoms with E-state index in [0.29, 0.717) is 12.1 Å². The van der Waals surface area contributed by atoms with Crippen LogP contribution >= 0.6 is 0 Å². The summed E-state index contributed by atoms with van der Waals surface area (Å²) in [6, 6.07) is 7.21. The molecule has 1 atom stereocenters. The number of nitrogens with one attached hydrogen (secondary N) is 1. The highest BCUT2D eigenvalue weighted by Crippen LogP contribution is 2.21. The fourth-order valence-corrected chi connectivity index (χ4v) is 2.69. The number of carbonyl (C=O) groups is 2. The van der Waals surface area contributed by atoms with Crippen LogP contribution in [-0.4, -0.2) is 48.8 Å². The van der Waals surface area contributed by atoms with Gasteiger partial charge in [-0.2, -0.15) is 0 Å². The van der Waals surface area contributed by atoms with Crippen molar-refractivity contribution < 1.29 is 19.1 Å². The molecule has 0 bridgehead atoms. The van der Waals surface area contributed by atoms with Crippen molar-refractivity contribution in [1.29, 1.82) is 0 Å². The number of ether oxygens (including phenoxy) is 2. The van der Waals surface area contributed by atoms with Crippen molar-refractivity contribution >= 4 is 17.7 Å². The maximum Gasteiger partial charge on any atom is 0.410 e. The predicted octanol–water partition coefficient (Wildman–Crippen LogP) is 3.28. The van der Waals surface area contributed by atoms with Crippen molar-refractivity contribution in [1.82, 2.24) is 4.90 Å². The van der Waals surface area contributed by atoms with Gasteiger partial charge in [0.15, 0.2) is 0 Å². The fourth-order valence-electron chi connectivity index (χ4n) is 2.69. The normalized spacial score (nSPS) is 17.5. The van der Waals surface area contributed by atoms with E-state index in [9.17, 15) is 9.59 Å². The predicted molar refractivity (Wildman–Crippen MR) is 92.2 cm³/mol. The van der Waals surface area contributed by atoms with Gasteiger partial charge in [0.25, 0.3) is 0 Å². The summed E-state index contributed by atoms with van der Waals surface area (Å²) in [7, 11) is 1.36. The number of methoxy groups -OCH3 is 1. The van der Waals surface area contributed by atoms with Crippen LogP contribution in [-0.2, 0) is 9.47 Å². The Morgan fingerprint density at radius 3 is 2.50 bits per heavy atom. The lowest BCUT2D eigenvalue weighted by atomic mass is 10.2. The number of amides is 1. The summed E-state index contributed by atoms with van der Waals surface area (Å²) in [5, 5.41) is 3.32. The van der Waals surface area contributed by atoms with Gasteiger partial charge in [0.1, 0.15) is 5.60 Å². The summed E-state index contributed by atoms with van der Waals surface area (Å²) in [5.74, 6) is -0.353. The van der Waals surface area contributed by atoms with Crippen molar-refractivity contribution in [2.45, 2.75) is 45.3 Å². The number of hydrogen-bond acceptors (Lipinski definition) is 5. The van der Waals surface area contributed by atoms with Crippen LogP contribution in [0.2, 0.25) is 0 Å². The van der Waals surface area contributed by atoms with Crippen LogP contribution in [0.5, 0.6) is 0 Å². The lowest BCUT2D eigenvalue weighted by Gasteiger charge is -2.29. The van der Waals surface area contributed by atoms with Crippen molar-refractivity contribution in [3.8, 4) is 0 Å². The third-order valence-electron chi connectivity index (χ3n) is 3.85. The monoisotopic (exact) mass is 334 g/mol. The fraction of sp³-hybridized carbons (Fsp3) is 0.556. The quantitative estimate of drug-likeness (QED) is 0.856. The molecule has 24 heavy (non-hydrogen) atoms. The first kappa shape index (κ1) is 18.1. The van der Waals surface area contributed by atoms with Crippen LogP contribution in [0.25, 0.3) is 0 Å². The molecule has 1 saturated heterocycles. The molecule has 132 valence electrons. The van der Waals surface area contributed by atoms with Gasteiger partial charge in [-0.1, -0.05) is 0 Å². The molecule has 0 unspecified atom stereocenters. The van der Waals surface area contributed by atoms with Crippen molar-refractivity contribution in [2.75, 3.05) is 25.5 Å². The molecule has 0 aliphatic carbocycles. The van der Waals surface area contributed by atoms with E-state index in [2.05, 4.69) is 10.1 Å². The Hall–Kier alpha value is -2.24. The highest BCUT2D eigenvalue weighted by atomic mass is 16.6. The second-order valence-corrected chi connectivity index (χ2v) is 6.92. The molecule has 1 aromatic carbocycles. The van der Waals surface area contributed by atoms with E-state index in [1.807, 2.05) is 32.9 Å². The largest absolute Gasteiger partial charge is 0.465 e. The summed E-state index contributed by atoms with van der Waals surface area (Å²) >= 11 is 0. The second-order valence-electron chi connectivity index (χ2n) is 6.92. The van der Waals surface area contributed by atoms with Gasteiger partial charge >= 0.3 is 12.1 Å². The van der Waals surface area contributed by atoms with E-state index in [4.69, 9.17) is 4.74 Å². The van der Waals surface area contributed by atoms with E-state index in [1.54, 1.807) is 17.0 Å². The molecule has 0 aromatic heterocycles. The molecule has 1 amide bonds. The van der Waals surface area contributed by atoms with Gasteiger partial charge in [-0.15, -0.1) is 0 Å². The van der Waals surface area contributed by atoms with Gasteiger partial charge in [0.05, 0.1) is 18.7 Å².